The van der Waals surface area contributed by atoms with E-state index >= 15 is 0 Å². The summed E-state index contributed by atoms with van der Waals surface area (Å²) in [5.41, 5.74) is 7.06. The monoisotopic (exact) mass is 757 g/mol. The zero-order valence-electron chi connectivity index (χ0n) is 34.0. The molecule has 0 spiro atoms. The van der Waals surface area contributed by atoms with Crippen LogP contribution in [0.2, 0.25) is 0 Å². The van der Waals surface area contributed by atoms with Crippen molar-refractivity contribution in [2.24, 2.45) is 5.92 Å². The number of allylic oxidation sites excluding steroid dienone is 8. The standard InChI is InChI=1S/C54H64NP/c1-55(2)44-27-29-46-28-26-34-49(43-42-46)54(48-32-16-10-17-33-48)53(47-30-14-9-15-31-47)41-24-7-5-3-4-6-8-25-45-56(50-35-18-11-19-36-50,51-37-20-12-21-38-51)52-39-22-13-23-40-52/h9-23,26,28,30-40,42-43,49,56H,3-8,24-25,27,29,41,44-45H2,1-2H3/b54-53-. The molecule has 0 aliphatic heterocycles. The molecule has 56 heavy (non-hydrogen) atoms. The van der Waals surface area contributed by atoms with Gasteiger partial charge in [-0.1, -0.05) is 91.0 Å². The normalized spacial score (nSPS) is 15.0. The first-order chi connectivity index (χ1) is 27.6. The molecule has 0 saturated carbocycles. The van der Waals surface area contributed by atoms with E-state index in [9.17, 15) is 0 Å². The van der Waals surface area contributed by atoms with Gasteiger partial charge >= 0.3 is 195 Å². The van der Waals surface area contributed by atoms with Gasteiger partial charge in [-0.2, -0.15) is 0 Å². The molecular formula is C54H64NP. The van der Waals surface area contributed by atoms with Gasteiger partial charge < -0.3 is 4.90 Å². The van der Waals surface area contributed by atoms with Crippen LogP contribution in [0.25, 0.3) is 11.1 Å². The van der Waals surface area contributed by atoms with E-state index < -0.39 is 7.26 Å². The summed E-state index contributed by atoms with van der Waals surface area (Å²) >= 11 is 0. The Labute approximate surface area is 339 Å². The second-order valence-corrected chi connectivity index (χ2v) is 19.9. The van der Waals surface area contributed by atoms with Crippen molar-refractivity contribution in [3.63, 3.8) is 0 Å². The topological polar surface area (TPSA) is 3.24 Å². The molecule has 0 heterocycles. The summed E-state index contributed by atoms with van der Waals surface area (Å²) in [5.74, 6) is 0.239. The molecule has 2 heteroatoms. The van der Waals surface area contributed by atoms with Crippen molar-refractivity contribution < 1.29 is 0 Å². The molecule has 0 saturated heterocycles. The molecule has 1 aliphatic rings. The smallest absolute Gasteiger partial charge is 0.0729 e. The maximum atomic E-state index is 2.45. The van der Waals surface area contributed by atoms with Crippen LogP contribution in [-0.4, -0.2) is 31.7 Å². The minimum atomic E-state index is -2.13. The van der Waals surface area contributed by atoms with Gasteiger partial charge in [0, 0.05) is 5.92 Å². The van der Waals surface area contributed by atoms with Crippen molar-refractivity contribution in [1.29, 1.82) is 0 Å². The third-order valence-electron chi connectivity index (χ3n) is 11.6. The van der Waals surface area contributed by atoms with Gasteiger partial charge in [0.15, 0.2) is 0 Å². The van der Waals surface area contributed by atoms with E-state index in [-0.39, 0.29) is 5.92 Å². The van der Waals surface area contributed by atoms with Crippen molar-refractivity contribution in [3.05, 3.63) is 199 Å². The average molecular weight is 758 g/mol. The number of nitrogens with zero attached hydrogens (tertiary/aromatic N) is 1. The van der Waals surface area contributed by atoms with Gasteiger partial charge in [-0.3, -0.25) is 0 Å². The molecule has 1 nitrogen and oxygen atoms in total. The van der Waals surface area contributed by atoms with Crippen LogP contribution in [-0.2, 0) is 0 Å². The molecular weight excluding hydrogens is 694 g/mol. The Bertz CT molecular complexity index is 1880. The Kier molecular flexibility index (Phi) is 16.3. The van der Waals surface area contributed by atoms with Crippen LogP contribution >= 0.6 is 7.26 Å². The summed E-state index contributed by atoms with van der Waals surface area (Å²) in [7, 11) is 2.19. The SMILES string of the molecule is CN(C)CCCC1=CC=CC(/C(=C(/CCCCCCCCCC[PH](c2ccccc2)(c2ccccc2)c2ccccc2)c2ccccc2)c2ccccc2)C=C1. The van der Waals surface area contributed by atoms with E-state index in [2.05, 4.69) is 201 Å². The van der Waals surface area contributed by atoms with Crippen LogP contribution in [0.4, 0.5) is 0 Å². The van der Waals surface area contributed by atoms with Gasteiger partial charge in [-0.15, -0.1) is 0 Å². The number of hydrogen-bond donors (Lipinski definition) is 0. The van der Waals surface area contributed by atoms with Crippen LogP contribution in [0.5, 0.6) is 0 Å². The van der Waals surface area contributed by atoms with Crippen LogP contribution in [0.15, 0.2) is 188 Å². The fraction of sp³-hybridized carbons (Fsp3) is 0.296. The fourth-order valence-electron chi connectivity index (χ4n) is 8.72. The van der Waals surface area contributed by atoms with E-state index in [1.54, 1.807) is 0 Å². The Morgan fingerprint density at radius 1 is 0.500 bits per heavy atom. The van der Waals surface area contributed by atoms with E-state index in [0.29, 0.717) is 0 Å². The predicted octanol–water partition coefficient (Wildman–Crippen LogP) is 12.8. The van der Waals surface area contributed by atoms with E-state index in [1.807, 2.05) is 0 Å². The Morgan fingerprint density at radius 3 is 1.48 bits per heavy atom. The first kappa shape index (κ1) is 41.1. The molecule has 0 bridgehead atoms. The molecule has 5 aromatic rings. The second-order valence-electron chi connectivity index (χ2n) is 15.9. The average Bonchev–Trinajstić information content (AvgIpc) is 3.49. The fourth-order valence-corrected chi connectivity index (χ4v) is 13.6. The molecule has 0 fully saturated rings. The molecule has 1 aliphatic carbocycles. The minimum Gasteiger partial charge on any atom is -0.0729 e. The number of rotatable bonds is 21. The maximum absolute atomic E-state index is 2.45. The molecule has 1 atom stereocenters. The summed E-state index contributed by atoms with van der Waals surface area (Å²) < 4.78 is 0. The van der Waals surface area contributed by atoms with Crippen LogP contribution in [0.3, 0.4) is 0 Å². The van der Waals surface area contributed by atoms with Crippen LogP contribution in [0.1, 0.15) is 81.8 Å². The third kappa shape index (κ3) is 11.5. The van der Waals surface area contributed by atoms with Gasteiger partial charge in [-0.25, -0.2) is 0 Å². The quantitative estimate of drug-likeness (QED) is 0.0409. The van der Waals surface area contributed by atoms with Crippen molar-refractivity contribution in [2.75, 3.05) is 26.8 Å². The van der Waals surface area contributed by atoms with Crippen LogP contribution in [0, 0.1) is 5.92 Å². The Hall–Kier alpha value is -4.55. The summed E-state index contributed by atoms with van der Waals surface area (Å²) in [5, 5.41) is 4.58. The summed E-state index contributed by atoms with van der Waals surface area (Å²) in [4.78, 5) is 2.28. The third-order valence-corrected chi connectivity index (χ3v) is 16.7. The van der Waals surface area contributed by atoms with Crippen LogP contribution < -0.4 is 15.9 Å². The van der Waals surface area contributed by atoms with Crippen molar-refractivity contribution in [3.8, 4) is 0 Å². The second kappa shape index (κ2) is 22.3. The van der Waals surface area contributed by atoms with Gasteiger partial charge in [-0.05, 0) is 44.6 Å². The first-order valence-corrected chi connectivity index (χ1v) is 23.6. The zero-order chi connectivity index (χ0) is 38.7. The first-order valence-electron chi connectivity index (χ1n) is 21.4. The van der Waals surface area contributed by atoms with Crippen molar-refractivity contribution in [2.45, 2.75) is 70.6 Å². The molecule has 1 unspecified atom stereocenters. The van der Waals surface area contributed by atoms with E-state index in [0.717, 1.165) is 19.4 Å². The molecule has 290 valence electrons. The Morgan fingerprint density at radius 2 is 0.964 bits per heavy atom. The molecule has 0 N–H and O–H groups in total. The summed E-state index contributed by atoms with van der Waals surface area (Å²) in [6.07, 6.45) is 26.9. The zero-order valence-corrected chi connectivity index (χ0v) is 35.0. The van der Waals surface area contributed by atoms with Crippen molar-refractivity contribution in [1.82, 2.24) is 4.90 Å². The number of hydrogen-bond acceptors (Lipinski definition) is 1. The molecule has 0 aromatic heterocycles. The predicted molar refractivity (Wildman–Crippen MR) is 250 cm³/mol. The molecule has 0 radical (unpaired) electrons. The molecule has 6 rings (SSSR count). The van der Waals surface area contributed by atoms with Gasteiger partial charge in [0.05, 0.1) is 0 Å². The van der Waals surface area contributed by atoms with Gasteiger partial charge in [0.1, 0.15) is 0 Å². The van der Waals surface area contributed by atoms with E-state index in [1.165, 1.54) is 108 Å². The van der Waals surface area contributed by atoms with E-state index in [4.69, 9.17) is 0 Å². The summed E-state index contributed by atoms with van der Waals surface area (Å²) in [6.45, 7) is 1.12. The minimum absolute atomic E-state index is 0.239. The molecule has 5 aromatic carbocycles. The van der Waals surface area contributed by atoms with Gasteiger partial charge in [0.25, 0.3) is 0 Å². The van der Waals surface area contributed by atoms with Crippen molar-refractivity contribution >= 4 is 34.3 Å². The molecule has 0 amide bonds. The summed E-state index contributed by atoms with van der Waals surface area (Å²) in [6, 6.07) is 56.5. The van der Waals surface area contributed by atoms with Gasteiger partial charge in [0.2, 0.25) is 0 Å². The Balaban J connectivity index is 1.06. The number of unbranched alkanes of at least 4 members (excludes halogenated alkanes) is 7. The number of benzene rings is 5.